The van der Waals surface area contributed by atoms with E-state index >= 15 is 0 Å². The van der Waals surface area contributed by atoms with Gasteiger partial charge in [-0.05, 0) is 73.6 Å². The predicted molar refractivity (Wildman–Crippen MR) is 131 cm³/mol. The molecule has 6 nitrogen and oxygen atoms in total. The molecule has 0 saturated heterocycles. The zero-order valence-electron chi connectivity index (χ0n) is 19.3. The van der Waals surface area contributed by atoms with Crippen LogP contribution < -0.4 is 5.32 Å². The van der Waals surface area contributed by atoms with E-state index in [4.69, 9.17) is 0 Å². The van der Waals surface area contributed by atoms with Gasteiger partial charge in [-0.2, -0.15) is 0 Å². The Morgan fingerprint density at radius 2 is 1.76 bits per heavy atom. The molecule has 33 heavy (non-hydrogen) atoms. The molecule has 1 N–H and O–H groups in total. The number of thioether (sulfide) groups is 1. The highest BCUT2D eigenvalue weighted by atomic mass is 32.2. The van der Waals surface area contributed by atoms with Crippen molar-refractivity contribution in [1.82, 2.24) is 25.1 Å². The molecule has 2 saturated carbocycles. The Hall–Kier alpha value is -2.67. The van der Waals surface area contributed by atoms with E-state index in [-0.39, 0.29) is 5.91 Å². The number of nitrogens with zero attached hydrogens (tertiary/aromatic N) is 4. The van der Waals surface area contributed by atoms with E-state index in [2.05, 4.69) is 57.1 Å². The molecule has 3 aromatic rings. The standard InChI is InChI=1S/C26H31N5OS/c1-3-17-7-5-8-18(4-2)24(17)31-25(21-9-6-14-27-15-21)29-30-26(31)33-16-22(32)28-23(19-10-11-19)20-12-13-20/h5-9,14-15,19-20,23H,3-4,10-13,16H2,1-2H3,(H,28,32). The third-order valence-corrected chi connectivity index (χ3v) is 7.59. The number of rotatable bonds is 10. The average molecular weight is 462 g/mol. The fourth-order valence-corrected chi connectivity index (χ4v) is 5.39. The molecule has 2 aliphatic carbocycles. The van der Waals surface area contributed by atoms with Crippen molar-refractivity contribution in [3.8, 4) is 17.1 Å². The molecule has 0 atom stereocenters. The summed E-state index contributed by atoms with van der Waals surface area (Å²) < 4.78 is 2.13. The van der Waals surface area contributed by atoms with E-state index in [1.54, 1.807) is 6.20 Å². The Morgan fingerprint density at radius 1 is 1.06 bits per heavy atom. The average Bonchev–Trinajstić information content (AvgIpc) is 3.79. The van der Waals surface area contributed by atoms with Crippen molar-refractivity contribution < 1.29 is 4.79 Å². The summed E-state index contributed by atoms with van der Waals surface area (Å²) in [4.78, 5) is 17.2. The minimum atomic E-state index is 0.0979. The van der Waals surface area contributed by atoms with Crippen LogP contribution in [0, 0.1) is 11.8 Å². The molecule has 0 unspecified atom stereocenters. The molecule has 2 heterocycles. The number of carbonyl (C=O) groups excluding carboxylic acids is 1. The zero-order valence-corrected chi connectivity index (χ0v) is 20.1. The fourth-order valence-electron chi connectivity index (χ4n) is 4.64. The fraction of sp³-hybridized carbons (Fsp3) is 0.462. The highest BCUT2D eigenvalue weighted by Crippen LogP contribution is 2.44. The van der Waals surface area contributed by atoms with Gasteiger partial charge >= 0.3 is 0 Å². The molecular formula is C26H31N5OS. The minimum absolute atomic E-state index is 0.0979. The SMILES string of the molecule is CCc1cccc(CC)c1-n1c(SCC(=O)NC(C2CC2)C2CC2)nnc1-c1cccnc1. The van der Waals surface area contributed by atoms with Gasteiger partial charge in [0.2, 0.25) is 5.91 Å². The number of hydrogen-bond donors (Lipinski definition) is 1. The molecule has 2 fully saturated rings. The summed E-state index contributed by atoms with van der Waals surface area (Å²) in [5.41, 5.74) is 4.53. The van der Waals surface area contributed by atoms with E-state index in [1.165, 1.54) is 48.6 Å². The van der Waals surface area contributed by atoms with Gasteiger partial charge in [0, 0.05) is 24.0 Å². The number of aromatic nitrogens is 4. The second-order valence-electron chi connectivity index (χ2n) is 9.07. The number of pyridine rings is 1. The lowest BCUT2D eigenvalue weighted by Gasteiger charge is -2.19. The summed E-state index contributed by atoms with van der Waals surface area (Å²) >= 11 is 1.47. The number of para-hydroxylation sites is 1. The summed E-state index contributed by atoms with van der Waals surface area (Å²) in [6.07, 6.45) is 10.4. The van der Waals surface area contributed by atoms with Gasteiger partial charge in [0.15, 0.2) is 11.0 Å². The van der Waals surface area contributed by atoms with Crippen LogP contribution >= 0.6 is 11.8 Å². The number of aryl methyl sites for hydroxylation is 2. The van der Waals surface area contributed by atoms with Crippen molar-refractivity contribution in [2.24, 2.45) is 11.8 Å². The molecule has 172 valence electrons. The molecular weight excluding hydrogens is 430 g/mol. The van der Waals surface area contributed by atoms with Gasteiger partial charge in [0.05, 0.1) is 11.4 Å². The Morgan fingerprint density at radius 3 is 2.33 bits per heavy atom. The van der Waals surface area contributed by atoms with E-state index in [0.717, 1.165) is 35.1 Å². The summed E-state index contributed by atoms with van der Waals surface area (Å²) in [6.45, 7) is 4.34. The van der Waals surface area contributed by atoms with Crippen LogP contribution in [0.25, 0.3) is 17.1 Å². The quantitative estimate of drug-likeness (QED) is 0.437. The molecule has 1 amide bonds. The van der Waals surface area contributed by atoms with E-state index < -0.39 is 0 Å². The second-order valence-corrected chi connectivity index (χ2v) is 10.0. The first-order chi connectivity index (χ1) is 16.2. The predicted octanol–water partition coefficient (Wildman–Crippen LogP) is 4.85. The van der Waals surface area contributed by atoms with Crippen LogP contribution in [0.4, 0.5) is 0 Å². The Labute approximate surface area is 199 Å². The van der Waals surface area contributed by atoms with Crippen LogP contribution in [0.5, 0.6) is 0 Å². The molecule has 0 bridgehead atoms. The van der Waals surface area contributed by atoms with Crippen molar-refractivity contribution in [3.05, 3.63) is 53.9 Å². The summed E-state index contributed by atoms with van der Waals surface area (Å²) in [7, 11) is 0. The monoisotopic (exact) mass is 461 g/mol. The van der Waals surface area contributed by atoms with Crippen LogP contribution in [0.1, 0.15) is 50.7 Å². The Bertz CT molecular complexity index is 1090. The van der Waals surface area contributed by atoms with Gasteiger partial charge in [-0.15, -0.1) is 10.2 Å². The number of benzene rings is 1. The molecule has 0 aliphatic heterocycles. The van der Waals surface area contributed by atoms with Gasteiger partial charge < -0.3 is 5.32 Å². The van der Waals surface area contributed by atoms with Crippen LogP contribution in [0.15, 0.2) is 47.9 Å². The Kier molecular flexibility index (Phi) is 6.49. The van der Waals surface area contributed by atoms with Crippen molar-refractivity contribution in [3.63, 3.8) is 0 Å². The lowest BCUT2D eigenvalue weighted by Crippen LogP contribution is -2.39. The number of hydrogen-bond acceptors (Lipinski definition) is 5. The lowest BCUT2D eigenvalue weighted by molar-refractivity contribution is -0.119. The van der Waals surface area contributed by atoms with Gasteiger partial charge in [-0.25, -0.2) is 0 Å². The first-order valence-corrected chi connectivity index (χ1v) is 13.1. The molecule has 1 aromatic carbocycles. The molecule has 2 aromatic heterocycles. The molecule has 0 spiro atoms. The van der Waals surface area contributed by atoms with Crippen molar-refractivity contribution >= 4 is 17.7 Å². The molecule has 2 aliphatic rings. The van der Waals surface area contributed by atoms with Crippen molar-refractivity contribution in [2.45, 2.75) is 63.6 Å². The number of carbonyl (C=O) groups is 1. The summed E-state index contributed by atoms with van der Waals surface area (Å²) in [5, 5.41) is 13.2. The Balaban J connectivity index is 1.46. The maximum atomic E-state index is 12.9. The van der Waals surface area contributed by atoms with Crippen molar-refractivity contribution in [1.29, 1.82) is 0 Å². The van der Waals surface area contributed by atoms with Gasteiger partial charge in [-0.1, -0.05) is 43.8 Å². The van der Waals surface area contributed by atoms with Gasteiger partial charge in [-0.3, -0.25) is 14.3 Å². The van der Waals surface area contributed by atoms with Crippen LogP contribution in [0.2, 0.25) is 0 Å². The van der Waals surface area contributed by atoms with Gasteiger partial charge in [0.1, 0.15) is 0 Å². The third-order valence-electron chi connectivity index (χ3n) is 6.66. The number of amides is 1. The highest BCUT2D eigenvalue weighted by molar-refractivity contribution is 7.99. The first-order valence-electron chi connectivity index (χ1n) is 12.1. The van der Waals surface area contributed by atoms with E-state index in [9.17, 15) is 4.79 Å². The van der Waals surface area contributed by atoms with Crippen LogP contribution in [-0.4, -0.2) is 37.5 Å². The molecule has 5 rings (SSSR count). The normalized spacial score (nSPS) is 15.7. The van der Waals surface area contributed by atoms with E-state index in [1.807, 2.05) is 18.3 Å². The van der Waals surface area contributed by atoms with Gasteiger partial charge in [0.25, 0.3) is 0 Å². The summed E-state index contributed by atoms with van der Waals surface area (Å²) in [5.74, 6) is 2.58. The molecule has 0 radical (unpaired) electrons. The topological polar surface area (TPSA) is 72.7 Å². The van der Waals surface area contributed by atoms with Crippen LogP contribution in [0.3, 0.4) is 0 Å². The number of nitrogens with one attached hydrogen (secondary N) is 1. The minimum Gasteiger partial charge on any atom is -0.352 e. The smallest absolute Gasteiger partial charge is 0.230 e. The third kappa shape index (κ3) is 4.83. The first kappa shape index (κ1) is 22.1. The van der Waals surface area contributed by atoms with E-state index in [0.29, 0.717) is 23.6 Å². The summed E-state index contributed by atoms with van der Waals surface area (Å²) in [6, 6.07) is 10.7. The largest absolute Gasteiger partial charge is 0.352 e. The highest BCUT2D eigenvalue weighted by Gasteiger charge is 2.42. The molecule has 7 heteroatoms. The maximum Gasteiger partial charge on any atom is 0.230 e. The lowest BCUT2D eigenvalue weighted by atomic mass is 10.0. The second kappa shape index (κ2) is 9.67. The van der Waals surface area contributed by atoms with Crippen LogP contribution in [-0.2, 0) is 17.6 Å². The van der Waals surface area contributed by atoms with Crippen molar-refractivity contribution in [2.75, 3.05) is 5.75 Å². The zero-order chi connectivity index (χ0) is 22.8. The maximum absolute atomic E-state index is 12.9.